The molecule has 0 heterocycles. The summed E-state index contributed by atoms with van der Waals surface area (Å²) >= 11 is 7.86. The van der Waals surface area contributed by atoms with Crippen molar-refractivity contribution < 1.29 is 9.90 Å². The third-order valence-corrected chi connectivity index (χ3v) is 1.51. The van der Waals surface area contributed by atoms with Gasteiger partial charge in [0, 0.05) is 5.75 Å². The number of hydrogen-bond acceptors (Lipinski definition) is 3. The topological polar surface area (TPSA) is 37.3 Å². The van der Waals surface area contributed by atoms with Crippen LogP contribution in [-0.4, -0.2) is 22.1 Å². The lowest BCUT2D eigenvalue weighted by Crippen LogP contribution is -1.93. The summed E-state index contributed by atoms with van der Waals surface area (Å²) in [5.74, 6) is -0.361. The molecule has 0 aliphatic carbocycles. The van der Waals surface area contributed by atoms with E-state index in [2.05, 4.69) is 39.1 Å². The molecule has 12 heavy (non-hydrogen) atoms. The van der Waals surface area contributed by atoms with Crippen LogP contribution in [0.1, 0.15) is 33.1 Å². The Morgan fingerprint density at radius 1 is 1.58 bits per heavy atom. The molecule has 0 saturated heterocycles. The van der Waals surface area contributed by atoms with Gasteiger partial charge in [-0.05, 0) is 11.7 Å². The Labute approximate surface area is 85.6 Å². The van der Waals surface area contributed by atoms with E-state index in [9.17, 15) is 4.79 Å². The van der Waals surface area contributed by atoms with Gasteiger partial charge in [-0.15, -0.1) is 0 Å². The van der Waals surface area contributed by atoms with Crippen molar-refractivity contribution in [1.29, 1.82) is 0 Å². The monoisotopic (exact) mass is 210 g/mol. The Morgan fingerprint density at radius 3 is 2.08 bits per heavy atom. The first-order valence-corrected chi connectivity index (χ1v) is 5.20. The van der Waals surface area contributed by atoms with Crippen molar-refractivity contribution in [2.75, 3.05) is 5.75 Å². The first kappa shape index (κ1) is 14.7. The molecule has 0 spiro atoms. The minimum atomic E-state index is -0.787. The summed E-state index contributed by atoms with van der Waals surface area (Å²) in [6, 6.07) is 0. The van der Waals surface area contributed by atoms with Crippen LogP contribution in [0.4, 0.5) is 0 Å². The molecule has 0 aliphatic heterocycles. The summed E-state index contributed by atoms with van der Waals surface area (Å²) in [5, 5.41) is 8.46. The molecule has 2 nitrogen and oxygen atoms in total. The lowest BCUT2D eigenvalue weighted by Gasteiger charge is -1.95. The lowest BCUT2D eigenvalue weighted by atomic mass is 10.3. The molecule has 0 radical (unpaired) electrons. The first-order valence-electron chi connectivity index (χ1n) is 4.05. The number of thiol groups is 2. The zero-order valence-electron chi connectivity index (χ0n) is 7.66. The lowest BCUT2D eigenvalue weighted by molar-refractivity contribution is -0.136. The highest BCUT2D eigenvalue weighted by atomic mass is 32.1. The van der Waals surface area contributed by atoms with Gasteiger partial charge in [-0.3, -0.25) is 4.79 Å². The molecule has 4 heteroatoms. The second-order valence-electron chi connectivity index (χ2n) is 2.51. The number of hydrogen-bond donors (Lipinski definition) is 3. The van der Waals surface area contributed by atoms with Crippen molar-refractivity contribution in [3.63, 3.8) is 0 Å². The number of rotatable bonds is 4. The molecule has 0 aromatic carbocycles. The normalized spacial score (nSPS) is 11.3. The molecule has 0 aromatic heterocycles. The average Bonchev–Trinajstić information content (AvgIpc) is 1.87. The summed E-state index contributed by atoms with van der Waals surface area (Å²) < 4.78 is 0. The molecule has 0 saturated carbocycles. The summed E-state index contributed by atoms with van der Waals surface area (Å²) in [6.45, 7) is 4.29. The van der Waals surface area contributed by atoms with E-state index < -0.39 is 5.97 Å². The summed E-state index contributed by atoms with van der Waals surface area (Å²) in [5.41, 5.74) is 0. The van der Waals surface area contributed by atoms with Gasteiger partial charge in [0.15, 0.2) is 0 Å². The molecule has 0 amide bonds. The van der Waals surface area contributed by atoms with Gasteiger partial charge >= 0.3 is 5.97 Å². The van der Waals surface area contributed by atoms with E-state index in [-0.39, 0.29) is 6.42 Å². The maximum Gasteiger partial charge on any atom is 0.304 e. The number of carboxylic acid groups (broad SMARTS) is 1. The van der Waals surface area contributed by atoms with Crippen LogP contribution >= 0.6 is 25.3 Å². The number of carboxylic acids is 1. The van der Waals surface area contributed by atoms with Gasteiger partial charge in [0.25, 0.3) is 0 Å². The van der Waals surface area contributed by atoms with Crippen LogP contribution in [0.5, 0.6) is 0 Å². The Hall–Kier alpha value is 0.170. The van der Waals surface area contributed by atoms with Gasteiger partial charge < -0.3 is 5.11 Å². The second kappa shape index (κ2) is 11.2. The van der Waals surface area contributed by atoms with E-state index in [4.69, 9.17) is 5.11 Å². The van der Waals surface area contributed by atoms with Crippen LogP contribution in [0.15, 0.2) is 0 Å². The molecule has 1 N–H and O–H groups in total. The molecular formula is C8H18O2S2. The Morgan fingerprint density at radius 2 is 2.08 bits per heavy atom. The van der Waals surface area contributed by atoms with E-state index in [1.807, 2.05) is 0 Å². The molecule has 0 rings (SSSR count). The first-order chi connectivity index (χ1) is 5.54. The van der Waals surface area contributed by atoms with Gasteiger partial charge in [0.1, 0.15) is 0 Å². The molecule has 1 unspecified atom stereocenters. The minimum Gasteiger partial charge on any atom is -0.481 e. The second-order valence-corrected chi connectivity index (χ2v) is 3.83. The largest absolute Gasteiger partial charge is 0.481 e. The van der Waals surface area contributed by atoms with Crippen LogP contribution in [0.25, 0.3) is 0 Å². The highest BCUT2D eigenvalue weighted by Crippen LogP contribution is 2.00. The molecule has 74 valence electrons. The van der Waals surface area contributed by atoms with Crippen LogP contribution < -0.4 is 0 Å². The van der Waals surface area contributed by atoms with E-state index in [1.54, 1.807) is 0 Å². The van der Waals surface area contributed by atoms with E-state index in [0.29, 0.717) is 11.0 Å². The van der Waals surface area contributed by atoms with Crippen LogP contribution in [0, 0.1) is 0 Å². The molecular weight excluding hydrogens is 192 g/mol. The summed E-state index contributed by atoms with van der Waals surface area (Å²) in [7, 11) is 0. The van der Waals surface area contributed by atoms with Gasteiger partial charge in [0.05, 0.1) is 6.42 Å². The average molecular weight is 210 g/mol. The Bertz CT molecular complexity index is 105. The van der Waals surface area contributed by atoms with Gasteiger partial charge in [-0.25, -0.2) is 0 Å². The standard InChI is InChI=1S/C5H12S.C3H6O2S/c1-3-4-5(2)6;4-3(5)1-2-6/h5-6H,3-4H2,1-2H3;6H,1-2H2,(H,4,5). The van der Waals surface area contributed by atoms with E-state index in [1.165, 1.54) is 12.8 Å². The SMILES string of the molecule is CCCC(C)S.O=C(O)CCS. The fraction of sp³-hybridized carbons (Fsp3) is 0.875. The fourth-order valence-electron chi connectivity index (χ4n) is 0.513. The third kappa shape index (κ3) is 22.5. The summed E-state index contributed by atoms with van der Waals surface area (Å²) in [4.78, 5) is 9.55. The Kier molecular flexibility index (Phi) is 13.7. The zero-order chi connectivity index (χ0) is 9.98. The van der Waals surface area contributed by atoms with Gasteiger partial charge in [-0.1, -0.05) is 20.3 Å². The van der Waals surface area contributed by atoms with Crippen molar-refractivity contribution in [2.24, 2.45) is 0 Å². The van der Waals surface area contributed by atoms with Crippen molar-refractivity contribution in [3.8, 4) is 0 Å². The predicted octanol–water partition coefficient (Wildman–Crippen LogP) is 2.50. The van der Waals surface area contributed by atoms with Crippen LogP contribution in [0.3, 0.4) is 0 Å². The molecule has 0 aliphatic rings. The molecule has 0 aromatic rings. The Balaban J connectivity index is 0. The summed E-state index contributed by atoms with van der Waals surface area (Å²) in [6.07, 6.45) is 2.65. The van der Waals surface area contributed by atoms with E-state index in [0.717, 1.165) is 0 Å². The molecule has 0 bridgehead atoms. The fourth-order valence-corrected chi connectivity index (χ4v) is 0.963. The van der Waals surface area contributed by atoms with Crippen molar-refractivity contribution in [3.05, 3.63) is 0 Å². The van der Waals surface area contributed by atoms with Crippen LogP contribution in [0.2, 0.25) is 0 Å². The quantitative estimate of drug-likeness (QED) is 0.624. The maximum absolute atomic E-state index is 9.55. The van der Waals surface area contributed by atoms with Crippen molar-refractivity contribution in [1.82, 2.24) is 0 Å². The highest BCUT2D eigenvalue weighted by Gasteiger charge is 1.88. The zero-order valence-corrected chi connectivity index (χ0v) is 9.44. The van der Waals surface area contributed by atoms with Crippen molar-refractivity contribution in [2.45, 2.75) is 38.4 Å². The number of aliphatic carboxylic acids is 1. The maximum atomic E-state index is 9.55. The predicted molar refractivity (Wildman–Crippen MR) is 59.5 cm³/mol. The van der Waals surface area contributed by atoms with Gasteiger partial charge in [0.2, 0.25) is 0 Å². The minimum absolute atomic E-state index is 0.156. The number of carbonyl (C=O) groups is 1. The van der Waals surface area contributed by atoms with Crippen LogP contribution in [-0.2, 0) is 4.79 Å². The van der Waals surface area contributed by atoms with Crippen molar-refractivity contribution >= 4 is 31.2 Å². The van der Waals surface area contributed by atoms with Gasteiger partial charge in [-0.2, -0.15) is 25.3 Å². The molecule has 1 atom stereocenters. The third-order valence-electron chi connectivity index (χ3n) is 1.03. The molecule has 0 fully saturated rings. The highest BCUT2D eigenvalue weighted by molar-refractivity contribution is 7.80. The van der Waals surface area contributed by atoms with E-state index >= 15 is 0 Å². The smallest absolute Gasteiger partial charge is 0.304 e.